The number of fused-ring (bicyclic) bond motifs is 1. The van der Waals surface area contributed by atoms with Gasteiger partial charge in [-0.25, -0.2) is 4.52 Å². The summed E-state index contributed by atoms with van der Waals surface area (Å²) < 4.78 is 79.3. The molecule has 1 aliphatic rings. The highest BCUT2D eigenvalue weighted by molar-refractivity contribution is 5.93. The number of hydrogen-bond donors (Lipinski definition) is 2. The third-order valence-electron chi connectivity index (χ3n) is 5.79. The van der Waals surface area contributed by atoms with Gasteiger partial charge in [0, 0.05) is 30.2 Å². The summed E-state index contributed by atoms with van der Waals surface area (Å²) in [6.07, 6.45) is -3.36. The van der Waals surface area contributed by atoms with Crippen LogP contribution in [-0.4, -0.2) is 44.6 Å². The van der Waals surface area contributed by atoms with Crippen molar-refractivity contribution in [3.63, 3.8) is 0 Å². The van der Waals surface area contributed by atoms with Crippen molar-refractivity contribution < 1.29 is 31.1 Å². The Morgan fingerprint density at radius 3 is 2.39 bits per heavy atom. The fourth-order valence-corrected chi connectivity index (χ4v) is 3.93. The average molecular weight is 537 g/mol. The number of benzene rings is 1. The minimum atomic E-state index is -5.65. The second-order valence-electron chi connectivity index (χ2n) is 8.69. The molecule has 1 amide bonds. The van der Waals surface area contributed by atoms with Crippen LogP contribution in [0.1, 0.15) is 13.8 Å². The normalized spacial score (nSPS) is 17.7. The number of allylic oxidation sites excluding steroid dienone is 3. The molecule has 0 spiro atoms. The molecule has 0 atom stereocenters. The molecule has 38 heavy (non-hydrogen) atoms. The smallest absolute Gasteiger partial charge is 0.349 e. The number of alkyl halides is 6. The van der Waals surface area contributed by atoms with Gasteiger partial charge in [-0.1, -0.05) is 30.9 Å². The molecule has 0 bridgehead atoms. The molecule has 4 rings (SSSR count). The lowest BCUT2D eigenvalue weighted by Gasteiger charge is -2.28. The van der Waals surface area contributed by atoms with E-state index in [4.69, 9.17) is 0 Å². The van der Waals surface area contributed by atoms with Crippen LogP contribution in [-0.2, 0) is 4.79 Å². The highest BCUT2D eigenvalue weighted by atomic mass is 19.4. The van der Waals surface area contributed by atoms with Crippen LogP contribution in [0.5, 0.6) is 0 Å². The quantitative estimate of drug-likeness (QED) is 0.332. The lowest BCUT2D eigenvalue weighted by molar-refractivity contribution is -0.226. The minimum absolute atomic E-state index is 0.155. The molecule has 3 heterocycles. The van der Waals surface area contributed by atoms with Crippen molar-refractivity contribution in [1.29, 1.82) is 0 Å². The minimum Gasteiger partial charge on any atom is -0.349 e. The van der Waals surface area contributed by atoms with Crippen molar-refractivity contribution in [1.82, 2.24) is 24.9 Å². The van der Waals surface area contributed by atoms with Gasteiger partial charge in [0.1, 0.15) is 5.69 Å². The van der Waals surface area contributed by atoms with Gasteiger partial charge in [-0.05, 0) is 37.6 Å². The molecule has 1 aliphatic heterocycles. The summed E-state index contributed by atoms with van der Waals surface area (Å²) in [6, 6.07) is 3.59. The maximum atomic E-state index is 13.0. The first kappa shape index (κ1) is 26.7. The second-order valence-corrected chi connectivity index (χ2v) is 8.69. The first-order valence-electron chi connectivity index (χ1n) is 11.1. The second kappa shape index (κ2) is 9.50. The van der Waals surface area contributed by atoms with E-state index < -0.39 is 28.6 Å². The fraction of sp³-hybridized carbons (Fsp3) is 0.250. The Bertz CT molecular complexity index is 1420. The van der Waals surface area contributed by atoms with E-state index in [-0.39, 0.29) is 35.3 Å². The van der Waals surface area contributed by atoms with E-state index >= 15 is 0 Å². The predicted octanol–water partition coefficient (Wildman–Crippen LogP) is 5.20. The van der Waals surface area contributed by atoms with Gasteiger partial charge >= 0.3 is 12.6 Å². The molecular weight excluding hydrogens is 516 g/mol. The third kappa shape index (κ3) is 5.06. The molecule has 14 heteroatoms. The van der Waals surface area contributed by atoms with Crippen molar-refractivity contribution in [2.24, 2.45) is 5.41 Å². The zero-order chi connectivity index (χ0) is 27.9. The van der Waals surface area contributed by atoms with Crippen LogP contribution >= 0.6 is 0 Å². The third-order valence-corrected chi connectivity index (χ3v) is 5.79. The zero-order valence-electron chi connectivity index (χ0n) is 20.0. The predicted molar refractivity (Wildman–Crippen MR) is 128 cm³/mol. The molecule has 1 aromatic carbocycles. The standard InChI is InChI=1S/C24H21F6N7O/c1-4-5-16-17(33-20(38)22(16,2)3)10-11-32-21-34-19-18(31-12-13-36(19)35-21)14-6-8-15(9-7-14)37(23(25,26)27)24(28,29)30/h4-10,12-13H,1,11H2,2-3H3,(H,32,35)(H,33,38)/b16-5+,17-10+. The van der Waals surface area contributed by atoms with Crippen molar-refractivity contribution in [2.75, 3.05) is 16.8 Å². The molecule has 200 valence electrons. The Morgan fingerprint density at radius 1 is 1.13 bits per heavy atom. The van der Waals surface area contributed by atoms with Gasteiger partial charge in [0.2, 0.25) is 11.9 Å². The summed E-state index contributed by atoms with van der Waals surface area (Å²) in [6.45, 7) is 7.50. The van der Waals surface area contributed by atoms with Crippen molar-refractivity contribution in [3.8, 4) is 11.3 Å². The van der Waals surface area contributed by atoms with Gasteiger partial charge in [0.25, 0.3) is 0 Å². The lowest BCUT2D eigenvalue weighted by atomic mass is 9.85. The van der Waals surface area contributed by atoms with Crippen LogP contribution < -0.4 is 15.5 Å². The summed E-state index contributed by atoms with van der Waals surface area (Å²) >= 11 is 0. The summed E-state index contributed by atoms with van der Waals surface area (Å²) in [5, 5.41) is 10.1. The van der Waals surface area contributed by atoms with Gasteiger partial charge < -0.3 is 10.6 Å². The Labute approximate surface area is 212 Å². The molecule has 0 saturated carbocycles. The number of nitrogens with one attached hydrogen (secondary N) is 2. The Morgan fingerprint density at radius 2 is 1.79 bits per heavy atom. The van der Waals surface area contributed by atoms with E-state index in [1.165, 1.54) is 16.9 Å². The molecule has 3 aromatic rings. The summed E-state index contributed by atoms with van der Waals surface area (Å²) in [5.74, 6) is 0.0314. The van der Waals surface area contributed by atoms with E-state index in [9.17, 15) is 31.1 Å². The maximum absolute atomic E-state index is 13.0. The monoisotopic (exact) mass is 537 g/mol. The van der Waals surface area contributed by atoms with Gasteiger partial charge in [-0.3, -0.25) is 9.78 Å². The van der Waals surface area contributed by atoms with Gasteiger partial charge in [-0.15, -0.1) is 31.4 Å². The highest BCUT2D eigenvalue weighted by Crippen LogP contribution is 2.39. The number of carbonyl (C=O) groups is 1. The van der Waals surface area contributed by atoms with Gasteiger partial charge in [0.15, 0.2) is 5.65 Å². The molecule has 2 N–H and O–H groups in total. The van der Waals surface area contributed by atoms with Gasteiger partial charge in [-0.2, -0.15) is 9.88 Å². The lowest BCUT2D eigenvalue weighted by Crippen LogP contribution is -2.48. The molecule has 0 unspecified atom stereocenters. The SMILES string of the molecule is C=C/C=C1\C(=C/CNc2nc3c(-c4ccc(N(C(F)(F)F)C(F)(F)F)cc4)nccn3n2)NC(=O)C1(C)C. The Kier molecular flexibility index (Phi) is 6.68. The molecule has 0 aliphatic carbocycles. The van der Waals surface area contributed by atoms with E-state index in [0.29, 0.717) is 17.8 Å². The van der Waals surface area contributed by atoms with Crippen molar-refractivity contribution >= 4 is 23.2 Å². The molecular formula is C24H21F6N7O. The molecule has 1 fully saturated rings. The molecule has 0 radical (unpaired) electrons. The van der Waals surface area contributed by atoms with E-state index in [0.717, 1.165) is 17.7 Å². The first-order chi connectivity index (χ1) is 17.7. The molecule has 1 saturated heterocycles. The number of carbonyl (C=O) groups excluding carboxylic acids is 1. The number of aromatic nitrogens is 4. The zero-order valence-corrected chi connectivity index (χ0v) is 20.0. The average Bonchev–Trinajstić information content (AvgIpc) is 3.31. The maximum Gasteiger partial charge on any atom is 0.491 e. The van der Waals surface area contributed by atoms with Crippen LogP contribution in [0, 0.1) is 5.41 Å². The fourth-order valence-electron chi connectivity index (χ4n) is 3.93. The summed E-state index contributed by atoms with van der Waals surface area (Å²) in [7, 11) is 0. The van der Waals surface area contributed by atoms with Crippen LogP contribution in [0.4, 0.5) is 38.0 Å². The number of hydrogen-bond acceptors (Lipinski definition) is 6. The number of halogens is 6. The number of amides is 1. The van der Waals surface area contributed by atoms with Crippen molar-refractivity contribution in [3.05, 3.63) is 72.7 Å². The molecule has 2 aromatic heterocycles. The van der Waals surface area contributed by atoms with E-state index in [2.05, 4.69) is 32.3 Å². The van der Waals surface area contributed by atoms with Crippen molar-refractivity contribution in [2.45, 2.75) is 26.4 Å². The molecule has 8 nitrogen and oxygen atoms in total. The summed E-state index contributed by atoms with van der Waals surface area (Å²) in [4.78, 5) is 19.2. The van der Waals surface area contributed by atoms with Crippen LogP contribution in [0.3, 0.4) is 0 Å². The Hall–Kier alpha value is -4.36. The van der Waals surface area contributed by atoms with Crippen LogP contribution in [0.15, 0.2) is 72.7 Å². The topological polar surface area (TPSA) is 87.5 Å². The number of rotatable bonds is 6. The summed E-state index contributed by atoms with van der Waals surface area (Å²) in [5.41, 5.74) is 0.224. The van der Waals surface area contributed by atoms with Gasteiger partial charge in [0.05, 0.1) is 11.1 Å². The first-order valence-corrected chi connectivity index (χ1v) is 11.1. The number of nitrogens with zero attached hydrogens (tertiary/aromatic N) is 5. The van der Waals surface area contributed by atoms with E-state index in [1.807, 2.05) is 0 Å². The van der Waals surface area contributed by atoms with E-state index in [1.54, 1.807) is 32.1 Å². The number of anilines is 2. The van der Waals surface area contributed by atoms with Crippen LogP contribution in [0.25, 0.3) is 16.9 Å². The Balaban J connectivity index is 1.58. The highest BCUT2D eigenvalue weighted by Gasteiger charge is 2.53. The largest absolute Gasteiger partial charge is 0.491 e. The van der Waals surface area contributed by atoms with Crippen LogP contribution in [0.2, 0.25) is 0 Å².